The zero-order chi connectivity index (χ0) is 18.4. The molecule has 0 spiro atoms. The predicted octanol–water partition coefficient (Wildman–Crippen LogP) is 3.24. The van der Waals surface area contributed by atoms with Crippen LogP contribution in [0.4, 0.5) is 0 Å². The first-order chi connectivity index (χ1) is 12.6. The fourth-order valence-corrected chi connectivity index (χ4v) is 2.82. The summed E-state index contributed by atoms with van der Waals surface area (Å²) in [6, 6.07) is 19.6. The number of nitrogens with one attached hydrogen (secondary N) is 1. The van der Waals surface area contributed by atoms with E-state index in [4.69, 9.17) is 0 Å². The second-order valence-electron chi connectivity index (χ2n) is 6.67. The third kappa shape index (κ3) is 4.75. The van der Waals surface area contributed by atoms with Gasteiger partial charge in [-0.1, -0.05) is 74.5 Å². The molecule has 26 heavy (non-hydrogen) atoms. The Labute approximate surface area is 153 Å². The smallest absolute Gasteiger partial charge is 0.244 e. The van der Waals surface area contributed by atoms with Crippen LogP contribution in [0.2, 0.25) is 0 Å². The summed E-state index contributed by atoms with van der Waals surface area (Å²) in [7, 11) is 0. The zero-order valence-electron chi connectivity index (χ0n) is 15.0. The Balaban J connectivity index is 1.66. The molecule has 1 N–H and O–H groups in total. The number of hydrogen-bond donors (Lipinski definition) is 1. The highest BCUT2D eigenvalue weighted by Crippen LogP contribution is 2.21. The van der Waals surface area contributed by atoms with Crippen LogP contribution in [-0.2, 0) is 11.3 Å². The van der Waals surface area contributed by atoms with E-state index in [-0.39, 0.29) is 18.5 Å². The van der Waals surface area contributed by atoms with E-state index in [0.29, 0.717) is 11.7 Å². The largest absolute Gasteiger partial charge is 0.348 e. The first-order valence-electron chi connectivity index (χ1n) is 8.79. The number of rotatable bonds is 7. The van der Waals surface area contributed by atoms with E-state index in [0.717, 1.165) is 17.5 Å². The average molecular weight is 349 g/mol. The van der Waals surface area contributed by atoms with Gasteiger partial charge in [0.2, 0.25) is 11.7 Å². The van der Waals surface area contributed by atoms with Gasteiger partial charge in [0.25, 0.3) is 0 Å². The highest BCUT2D eigenvalue weighted by atomic mass is 16.2. The summed E-state index contributed by atoms with van der Waals surface area (Å²) < 4.78 is 0. The third-order valence-electron chi connectivity index (χ3n) is 4.01. The number of hydrogen-bond acceptors (Lipinski definition) is 4. The Bertz CT molecular complexity index is 830. The van der Waals surface area contributed by atoms with Crippen LogP contribution >= 0.6 is 0 Å². The summed E-state index contributed by atoms with van der Waals surface area (Å²) in [5.74, 6) is 0.853. The van der Waals surface area contributed by atoms with Crippen molar-refractivity contribution in [3.63, 3.8) is 0 Å². The van der Waals surface area contributed by atoms with Crippen LogP contribution in [0.1, 0.15) is 31.9 Å². The summed E-state index contributed by atoms with van der Waals surface area (Å²) in [5, 5.41) is 15.4. The lowest BCUT2D eigenvalue weighted by molar-refractivity contribution is -0.123. The molecule has 1 amide bonds. The lowest BCUT2D eigenvalue weighted by atomic mass is 9.97. The highest BCUT2D eigenvalue weighted by molar-refractivity contribution is 5.76. The van der Waals surface area contributed by atoms with Crippen LogP contribution in [-0.4, -0.2) is 26.1 Å². The van der Waals surface area contributed by atoms with E-state index < -0.39 is 0 Å². The van der Waals surface area contributed by atoms with Crippen LogP contribution in [0.5, 0.6) is 0 Å². The van der Waals surface area contributed by atoms with Crippen molar-refractivity contribution in [2.45, 2.75) is 32.9 Å². The van der Waals surface area contributed by atoms with Crippen LogP contribution in [0, 0.1) is 5.92 Å². The minimum atomic E-state index is -0.128. The number of carbonyl (C=O) groups is 1. The maximum atomic E-state index is 12.5. The molecule has 0 saturated heterocycles. The molecule has 3 rings (SSSR count). The van der Waals surface area contributed by atoms with Crippen molar-refractivity contribution in [3.8, 4) is 11.4 Å². The summed E-state index contributed by atoms with van der Waals surface area (Å²) in [5.41, 5.74) is 1.98. The highest BCUT2D eigenvalue weighted by Gasteiger charge is 2.17. The normalized spacial score (nSPS) is 12.1. The minimum Gasteiger partial charge on any atom is -0.348 e. The van der Waals surface area contributed by atoms with Gasteiger partial charge in [-0.25, -0.2) is 0 Å². The summed E-state index contributed by atoms with van der Waals surface area (Å²) >= 11 is 0. The molecule has 0 aliphatic heterocycles. The maximum absolute atomic E-state index is 12.5. The zero-order valence-corrected chi connectivity index (χ0v) is 15.0. The van der Waals surface area contributed by atoms with Crippen LogP contribution in [0.25, 0.3) is 11.4 Å². The summed E-state index contributed by atoms with van der Waals surface area (Å²) in [6.07, 6.45) is 0.871. The molecule has 0 unspecified atom stereocenters. The molecule has 1 atom stereocenters. The predicted molar refractivity (Wildman–Crippen MR) is 100 cm³/mol. The number of benzene rings is 2. The molecule has 3 aromatic rings. The van der Waals surface area contributed by atoms with Crippen LogP contribution in [0.15, 0.2) is 60.7 Å². The van der Waals surface area contributed by atoms with Crippen molar-refractivity contribution in [2.75, 3.05) is 0 Å². The topological polar surface area (TPSA) is 72.7 Å². The Morgan fingerprint density at radius 3 is 2.35 bits per heavy atom. The number of tetrazole rings is 1. The minimum absolute atomic E-state index is 0.0270. The van der Waals surface area contributed by atoms with Gasteiger partial charge in [0.1, 0.15) is 6.54 Å². The molecule has 6 nitrogen and oxygen atoms in total. The SMILES string of the molecule is CC(C)C[C@@H](NC(=O)Cn1nnc(-c2ccccc2)n1)c1ccccc1. The van der Waals surface area contributed by atoms with Gasteiger partial charge in [0.15, 0.2) is 0 Å². The van der Waals surface area contributed by atoms with Crippen molar-refractivity contribution >= 4 is 5.91 Å². The maximum Gasteiger partial charge on any atom is 0.244 e. The lowest BCUT2D eigenvalue weighted by Gasteiger charge is -2.21. The van der Waals surface area contributed by atoms with Gasteiger partial charge >= 0.3 is 0 Å². The van der Waals surface area contributed by atoms with E-state index in [1.54, 1.807) is 0 Å². The monoisotopic (exact) mass is 349 g/mol. The summed E-state index contributed by atoms with van der Waals surface area (Å²) in [4.78, 5) is 13.8. The molecular weight excluding hydrogens is 326 g/mol. The molecule has 0 saturated carbocycles. The fraction of sp³-hybridized carbons (Fsp3) is 0.300. The number of amides is 1. The second kappa shape index (κ2) is 8.38. The molecule has 0 fully saturated rings. The standard InChI is InChI=1S/C20H23N5O/c1-15(2)13-18(16-9-5-3-6-10-16)21-19(26)14-25-23-20(22-24-25)17-11-7-4-8-12-17/h3-12,15,18H,13-14H2,1-2H3,(H,21,26)/t18-/m1/s1. The van der Waals surface area contributed by atoms with Crippen LogP contribution in [0.3, 0.4) is 0 Å². The molecule has 0 bridgehead atoms. The van der Waals surface area contributed by atoms with Crippen molar-refractivity contribution in [1.82, 2.24) is 25.5 Å². The molecule has 0 aliphatic rings. The van der Waals surface area contributed by atoms with Crippen molar-refractivity contribution in [1.29, 1.82) is 0 Å². The van der Waals surface area contributed by atoms with Gasteiger partial charge in [0, 0.05) is 5.56 Å². The van der Waals surface area contributed by atoms with Gasteiger partial charge in [-0.15, -0.1) is 10.2 Å². The Hall–Kier alpha value is -3.02. The number of carbonyl (C=O) groups excluding carboxylic acids is 1. The molecule has 2 aromatic carbocycles. The van der Waals surface area contributed by atoms with Crippen molar-refractivity contribution in [2.24, 2.45) is 5.92 Å². The molecule has 6 heteroatoms. The van der Waals surface area contributed by atoms with E-state index in [9.17, 15) is 4.79 Å². The number of aromatic nitrogens is 4. The van der Waals surface area contributed by atoms with E-state index >= 15 is 0 Å². The molecular formula is C20H23N5O. The first kappa shape index (κ1) is 17.8. The van der Waals surface area contributed by atoms with E-state index in [2.05, 4.69) is 34.6 Å². The Kier molecular flexibility index (Phi) is 5.73. The Morgan fingerprint density at radius 2 is 1.69 bits per heavy atom. The summed E-state index contributed by atoms with van der Waals surface area (Å²) in [6.45, 7) is 4.34. The second-order valence-corrected chi connectivity index (χ2v) is 6.67. The fourth-order valence-electron chi connectivity index (χ4n) is 2.82. The first-order valence-corrected chi connectivity index (χ1v) is 8.79. The van der Waals surface area contributed by atoms with Crippen molar-refractivity contribution in [3.05, 3.63) is 66.2 Å². The van der Waals surface area contributed by atoms with Gasteiger partial charge in [-0.05, 0) is 23.1 Å². The van der Waals surface area contributed by atoms with Crippen molar-refractivity contribution < 1.29 is 4.79 Å². The Morgan fingerprint density at radius 1 is 1.04 bits per heavy atom. The van der Waals surface area contributed by atoms with Gasteiger partial charge in [-0.3, -0.25) is 4.79 Å². The van der Waals surface area contributed by atoms with Gasteiger partial charge in [0.05, 0.1) is 6.04 Å². The molecule has 134 valence electrons. The number of nitrogens with zero attached hydrogens (tertiary/aromatic N) is 4. The lowest BCUT2D eigenvalue weighted by Crippen LogP contribution is -2.33. The van der Waals surface area contributed by atoms with E-state index in [1.807, 2.05) is 60.7 Å². The molecule has 0 radical (unpaired) electrons. The van der Waals surface area contributed by atoms with Crippen LogP contribution < -0.4 is 5.32 Å². The van der Waals surface area contributed by atoms with Gasteiger partial charge < -0.3 is 5.32 Å². The van der Waals surface area contributed by atoms with E-state index in [1.165, 1.54) is 4.80 Å². The average Bonchev–Trinajstić information content (AvgIpc) is 3.10. The third-order valence-corrected chi connectivity index (χ3v) is 4.01. The quantitative estimate of drug-likeness (QED) is 0.711. The molecule has 1 aromatic heterocycles. The van der Waals surface area contributed by atoms with Gasteiger partial charge in [-0.2, -0.15) is 4.80 Å². The molecule has 1 heterocycles. The molecule has 0 aliphatic carbocycles.